The molecule has 0 spiro atoms. The number of ether oxygens (including phenoxy) is 2. The SMILES string of the molecule is C=CC1CC(C(=O)OCC)=C(Cc2ccccc2)O1. The fourth-order valence-corrected chi connectivity index (χ4v) is 2.09. The Morgan fingerprint density at radius 2 is 2.21 bits per heavy atom. The van der Waals surface area contributed by atoms with Crippen LogP contribution in [0.4, 0.5) is 0 Å². The van der Waals surface area contributed by atoms with E-state index in [1.807, 2.05) is 30.3 Å². The number of esters is 1. The van der Waals surface area contributed by atoms with Gasteiger partial charge in [-0.1, -0.05) is 43.0 Å². The standard InChI is InChI=1S/C16H18O3/c1-3-13-11-14(16(17)18-4-2)15(19-13)10-12-8-6-5-7-9-12/h3,5-9,13H,1,4,10-11H2,2H3. The summed E-state index contributed by atoms with van der Waals surface area (Å²) in [6.07, 6.45) is 2.75. The van der Waals surface area contributed by atoms with E-state index < -0.39 is 0 Å². The average Bonchev–Trinajstić information content (AvgIpc) is 2.83. The Kier molecular flexibility index (Phi) is 4.39. The van der Waals surface area contributed by atoms with Gasteiger partial charge in [0.25, 0.3) is 0 Å². The maximum absolute atomic E-state index is 11.9. The summed E-state index contributed by atoms with van der Waals surface area (Å²) in [5, 5.41) is 0. The lowest BCUT2D eigenvalue weighted by Crippen LogP contribution is -2.09. The number of carbonyl (C=O) groups is 1. The third kappa shape index (κ3) is 3.25. The van der Waals surface area contributed by atoms with Crippen LogP contribution in [-0.2, 0) is 20.7 Å². The van der Waals surface area contributed by atoms with Gasteiger partial charge in [-0.2, -0.15) is 0 Å². The summed E-state index contributed by atoms with van der Waals surface area (Å²) in [6, 6.07) is 9.94. The highest BCUT2D eigenvalue weighted by Gasteiger charge is 2.29. The van der Waals surface area contributed by atoms with E-state index in [4.69, 9.17) is 9.47 Å². The van der Waals surface area contributed by atoms with Crippen LogP contribution in [0, 0.1) is 0 Å². The molecule has 1 atom stereocenters. The number of benzene rings is 1. The second-order valence-corrected chi connectivity index (χ2v) is 4.38. The summed E-state index contributed by atoms with van der Waals surface area (Å²) >= 11 is 0. The third-order valence-corrected chi connectivity index (χ3v) is 3.03. The van der Waals surface area contributed by atoms with Crippen molar-refractivity contribution >= 4 is 5.97 Å². The van der Waals surface area contributed by atoms with Gasteiger partial charge in [0.05, 0.1) is 12.2 Å². The van der Waals surface area contributed by atoms with Crippen molar-refractivity contribution in [1.82, 2.24) is 0 Å². The molecule has 0 aromatic heterocycles. The second kappa shape index (κ2) is 6.23. The zero-order valence-corrected chi connectivity index (χ0v) is 11.1. The van der Waals surface area contributed by atoms with Gasteiger partial charge in [0.2, 0.25) is 0 Å². The van der Waals surface area contributed by atoms with Crippen LogP contribution in [0.1, 0.15) is 18.9 Å². The summed E-state index contributed by atoms with van der Waals surface area (Å²) in [7, 11) is 0. The van der Waals surface area contributed by atoms with Crippen LogP contribution in [0.2, 0.25) is 0 Å². The highest BCUT2D eigenvalue weighted by atomic mass is 16.5. The first-order chi connectivity index (χ1) is 9.24. The zero-order chi connectivity index (χ0) is 13.7. The smallest absolute Gasteiger partial charge is 0.337 e. The molecule has 100 valence electrons. The van der Waals surface area contributed by atoms with E-state index in [0.717, 1.165) is 5.56 Å². The summed E-state index contributed by atoms with van der Waals surface area (Å²) in [5.41, 5.74) is 1.75. The van der Waals surface area contributed by atoms with Gasteiger partial charge in [-0.05, 0) is 12.5 Å². The maximum Gasteiger partial charge on any atom is 0.337 e. The monoisotopic (exact) mass is 258 g/mol. The fraction of sp³-hybridized carbons (Fsp3) is 0.312. The van der Waals surface area contributed by atoms with Gasteiger partial charge < -0.3 is 9.47 Å². The highest BCUT2D eigenvalue weighted by Crippen LogP contribution is 2.29. The molecule has 0 fully saturated rings. The molecular formula is C16H18O3. The van der Waals surface area contributed by atoms with Crippen molar-refractivity contribution in [3.8, 4) is 0 Å². The van der Waals surface area contributed by atoms with Crippen molar-refractivity contribution in [2.24, 2.45) is 0 Å². The Bertz CT molecular complexity index is 488. The Morgan fingerprint density at radius 3 is 2.84 bits per heavy atom. The van der Waals surface area contributed by atoms with Gasteiger partial charge >= 0.3 is 5.97 Å². The van der Waals surface area contributed by atoms with Crippen LogP contribution in [0.5, 0.6) is 0 Å². The Morgan fingerprint density at radius 1 is 1.47 bits per heavy atom. The van der Waals surface area contributed by atoms with E-state index >= 15 is 0 Å². The van der Waals surface area contributed by atoms with Crippen LogP contribution >= 0.6 is 0 Å². The molecule has 1 heterocycles. The van der Waals surface area contributed by atoms with E-state index in [2.05, 4.69) is 6.58 Å². The normalized spacial score (nSPS) is 18.1. The number of allylic oxidation sites excluding steroid dienone is 1. The molecule has 1 aliphatic rings. The van der Waals surface area contributed by atoms with Gasteiger partial charge in [0, 0.05) is 12.8 Å². The zero-order valence-electron chi connectivity index (χ0n) is 11.1. The van der Waals surface area contributed by atoms with Crippen molar-refractivity contribution in [2.75, 3.05) is 6.61 Å². The van der Waals surface area contributed by atoms with Gasteiger partial charge in [-0.15, -0.1) is 0 Å². The molecule has 1 aromatic rings. The van der Waals surface area contributed by atoms with Crippen molar-refractivity contribution < 1.29 is 14.3 Å². The van der Waals surface area contributed by atoms with Crippen LogP contribution in [0.25, 0.3) is 0 Å². The van der Waals surface area contributed by atoms with E-state index in [1.54, 1.807) is 13.0 Å². The van der Waals surface area contributed by atoms with Crippen molar-refractivity contribution in [1.29, 1.82) is 0 Å². The summed E-state index contributed by atoms with van der Waals surface area (Å²) in [6.45, 7) is 5.90. The topological polar surface area (TPSA) is 35.5 Å². The Hall–Kier alpha value is -2.03. The molecule has 3 nitrogen and oxygen atoms in total. The van der Waals surface area contributed by atoms with Crippen LogP contribution in [0.3, 0.4) is 0 Å². The van der Waals surface area contributed by atoms with Crippen LogP contribution < -0.4 is 0 Å². The first-order valence-electron chi connectivity index (χ1n) is 6.47. The summed E-state index contributed by atoms with van der Waals surface area (Å²) in [5.74, 6) is 0.423. The highest BCUT2D eigenvalue weighted by molar-refractivity contribution is 5.89. The molecule has 0 amide bonds. The van der Waals surface area contributed by atoms with Crippen LogP contribution in [0.15, 0.2) is 54.3 Å². The summed E-state index contributed by atoms with van der Waals surface area (Å²) in [4.78, 5) is 11.9. The van der Waals surface area contributed by atoms with Crippen molar-refractivity contribution in [3.63, 3.8) is 0 Å². The van der Waals surface area contributed by atoms with Crippen LogP contribution in [-0.4, -0.2) is 18.7 Å². The van der Waals surface area contributed by atoms with Gasteiger partial charge in [-0.25, -0.2) is 4.79 Å². The van der Waals surface area contributed by atoms with E-state index in [1.165, 1.54) is 0 Å². The average molecular weight is 258 g/mol. The molecule has 1 unspecified atom stereocenters. The van der Waals surface area contributed by atoms with Gasteiger partial charge in [0.15, 0.2) is 0 Å². The molecule has 0 saturated carbocycles. The number of rotatable bonds is 5. The largest absolute Gasteiger partial charge is 0.489 e. The molecule has 1 aliphatic heterocycles. The minimum absolute atomic E-state index is 0.127. The molecule has 0 aliphatic carbocycles. The summed E-state index contributed by atoms with van der Waals surface area (Å²) < 4.78 is 10.8. The molecule has 0 N–H and O–H groups in total. The lowest BCUT2D eigenvalue weighted by molar-refractivity contribution is -0.138. The Labute approximate surface area is 113 Å². The lowest BCUT2D eigenvalue weighted by Gasteiger charge is -2.08. The Balaban J connectivity index is 2.19. The van der Waals surface area contributed by atoms with Gasteiger partial charge in [0.1, 0.15) is 11.9 Å². The minimum atomic E-state index is -0.280. The van der Waals surface area contributed by atoms with Gasteiger partial charge in [-0.3, -0.25) is 0 Å². The van der Waals surface area contributed by atoms with E-state index in [-0.39, 0.29) is 12.1 Å². The molecule has 0 bridgehead atoms. The fourth-order valence-electron chi connectivity index (χ4n) is 2.09. The predicted octanol–water partition coefficient (Wildman–Crippen LogP) is 3.02. The molecule has 0 radical (unpaired) electrons. The molecule has 3 heteroatoms. The second-order valence-electron chi connectivity index (χ2n) is 4.38. The van der Waals surface area contributed by atoms with Crippen molar-refractivity contribution in [2.45, 2.75) is 25.9 Å². The van der Waals surface area contributed by atoms with E-state index in [0.29, 0.717) is 30.8 Å². The molecule has 1 aromatic carbocycles. The molecule has 19 heavy (non-hydrogen) atoms. The van der Waals surface area contributed by atoms with E-state index in [9.17, 15) is 4.79 Å². The minimum Gasteiger partial charge on any atom is -0.489 e. The predicted molar refractivity (Wildman–Crippen MR) is 73.5 cm³/mol. The first kappa shape index (κ1) is 13.4. The van der Waals surface area contributed by atoms with Crippen molar-refractivity contribution in [3.05, 3.63) is 59.9 Å². The molecule has 0 saturated heterocycles. The quantitative estimate of drug-likeness (QED) is 0.601. The lowest BCUT2D eigenvalue weighted by atomic mass is 10.1. The first-order valence-corrected chi connectivity index (χ1v) is 6.47. The number of hydrogen-bond donors (Lipinski definition) is 0. The maximum atomic E-state index is 11.9. The molecule has 2 rings (SSSR count). The number of hydrogen-bond acceptors (Lipinski definition) is 3. The third-order valence-electron chi connectivity index (χ3n) is 3.03. The molecular weight excluding hydrogens is 240 g/mol. The number of carbonyl (C=O) groups excluding carboxylic acids is 1.